The van der Waals surface area contributed by atoms with Crippen molar-refractivity contribution in [3.8, 4) is 5.75 Å². The molecular formula is C22H20ClF2N3O2. The van der Waals surface area contributed by atoms with Crippen LogP contribution in [0.2, 0.25) is 5.02 Å². The van der Waals surface area contributed by atoms with E-state index in [4.69, 9.17) is 16.3 Å². The van der Waals surface area contributed by atoms with Crippen LogP contribution in [-0.2, 0) is 0 Å². The van der Waals surface area contributed by atoms with Crippen molar-refractivity contribution < 1.29 is 18.3 Å². The van der Waals surface area contributed by atoms with Crippen LogP contribution in [0.5, 0.6) is 5.75 Å². The molecule has 1 unspecified atom stereocenters. The monoisotopic (exact) mass is 431 g/mol. The molecule has 4 rings (SSSR count). The van der Waals surface area contributed by atoms with Gasteiger partial charge in [-0.25, -0.2) is 13.6 Å². The van der Waals surface area contributed by atoms with Gasteiger partial charge in [0.25, 0.3) is 0 Å². The summed E-state index contributed by atoms with van der Waals surface area (Å²) in [4.78, 5) is 17.0. The van der Waals surface area contributed by atoms with Crippen LogP contribution in [0.3, 0.4) is 0 Å². The third kappa shape index (κ3) is 3.89. The minimum atomic E-state index is -1.65. The standard InChI is InChI=1S/C22H20ClF2N3O2/c1-13-7-17-14(10-26-13)3-2-4-18(17)27-21(29)28-19-9-22(11-24,12-25)30-20-8-15(23)5-6-16(19)20/h2-8,10,19H,9,11-12H2,1H3,(H2,27,28,29). The summed E-state index contributed by atoms with van der Waals surface area (Å²) in [5.74, 6) is 0.265. The lowest BCUT2D eigenvalue weighted by Gasteiger charge is -2.39. The molecular weight excluding hydrogens is 412 g/mol. The number of urea groups is 1. The third-order valence-electron chi connectivity index (χ3n) is 5.19. The second-order valence-electron chi connectivity index (χ2n) is 7.44. The first-order valence-corrected chi connectivity index (χ1v) is 9.84. The number of aryl methyl sites for hydroxylation is 1. The average Bonchev–Trinajstić information content (AvgIpc) is 2.73. The number of halogens is 3. The summed E-state index contributed by atoms with van der Waals surface area (Å²) in [6.07, 6.45) is 1.70. The van der Waals surface area contributed by atoms with E-state index in [0.717, 1.165) is 16.5 Å². The van der Waals surface area contributed by atoms with E-state index in [1.807, 2.05) is 25.1 Å². The largest absolute Gasteiger partial charge is 0.481 e. The van der Waals surface area contributed by atoms with Crippen LogP contribution < -0.4 is 15.4 Å². The summed E-state index contributed by atoms with van der Waals surface area (Å²) < 4.78 is 32.9. The lowest BCUT2D eigenvalue weighted by atomic mass is 9.88. The van der Waals surface area contributed by atoms with Crippen molar-refractivity contribution in [2.75, 3.05) is 18.7 Å². The van der Waals surface area contributed by atoms with Crippen LogP contribution in [0, 0.1) is 6.92 Å². The van der Waals surface area contributed by atoms with Gasteiger partial charge in [0, 0.05) is 39.7 Å². The van der Waals surface area contributed by atoms with Gasteiger partial charge >= 0.3 is 6.03 Å². The zero-order chi connectivity index (χ0) is 21.3. The molecule has 30 heavy (non-hydrogen) atoms. The first-order valence-electron chi connectivity index (χ1n) is 9.46. The maximum atomic E-state index is 13.7. The Morgan fingerprint density at radius 2 is 2.07 bits per heavy atom. The van der Waals surface area contributed by atoms with Gasteiger partial charge in [0.2, 0.25) is 0 Å². The molecule has 5 nitrogen and oxygen atoms in total. The van der Waals surface area contributed by atoms with Crippen LogP contribution in [0.4, 0.5) is 19.3 Å². The zero-order valence-corrected chi connectivity index (χ0v) is 17.0. The predicted molar refractivity (Wildman–Crippen MR) is 113 cm³/mol. The van der Waals surface area contributed by atoms with E-state index in [1.165, 1.54) is 6.07 Å². The number of alkyl halides is 2. The number of rotatable bonds is 4. The average molecular weight is 432 g/mol. The lowest BCUT2D eigenvalue weighted by Crippen LogP contribution is -2.49. The second-order valence-corrected chi connectivity index (χ2v) is 7.88. The molecule has 2 heterocycles. The van der Waals surface area contributed by atoms with E-state index in [2.05, 4.69) is 15.6 Å². The Balaban J connectivity index is 1.61. The highest BCUT2D eigenvalue weighted by Crippen LogP contribution is 2.41. The zero-order valence-electron chi connectivity index (χ0n) is 16.2. The highest BCUT2D eigenvalue weighted by atomic mass is 35.5. The molecule has 0 spiro atoms. The minimum absolute atomic E-state index is 0.0411. The maximum Gasteiger partial charge on any atom is 0.319 e. The fourth-order valence-electron chi connectivity index (χ4n) is 3.67. The Kier molecular flexibility index (Phi) is 5.47. The molecule has 3 aromatic rings. The molecule has 0 saturated heterocycles. The van der Waals surface area contributed by atoms with Gasteiger partial charge in [0.05, 0.1) is 11.7 Å². The first-order chi connectivity index (χ1) is 14.4. The summed E-state index contributed by atoms with van der Waals surface area (Å²) in [6.45, 7) is -0.177. The predicted octanol–water partition coefficient (Wildman–Crippen LogP) is 5.52. The molecule has 1 atom stereocenters. The molecule has 8 heteroatoms. The molecule has 2 aromatic carbocycles. The molecule has 0 saturated carbocycles. The van der Waals surface area contributed by atoms with Crippen molar-refractivity contribution in [1.29, 1.82) is 0 Å². The Morgan fingerprint density at radius 1 is 1.27 bits per heavy atom. The number of amides is 2. The van der Waals surface area contributed by atoms with Gasteiger partial charge in [-0.3, -0.25) is 4.98 Å². The molecule has 0 radical (unpaired) electrons. The fourth-order valence-corrected chi connectivity index (χ4v) is 3.83. The molecule has 2 N–H and O–H groups in total. The molecule has 0 aliphatic carbocycles. The molecule has 0 fully saturated rings. The summed E-state index contributed by atoms with van der Waals surface area (Å²) in [6, 6.07) is 11.1. The summed E-state index contributed by atoms with van der Waals surface area (Å²) in [5.41, 5.74) is 0.395. The van der Waals surface area contributed by atoms with Gasteiger partial charge in [-0.1, -0.05) is 29.8 Å². The van der Waals surface area contributed by atoms with Crippen molar-refractivity contribution in [2.24, 2.45) is 0 Å². The van der Waals surface area contributed by atoms with Gasteiger partial charge in [0.1, 0.15) is 19.1 Å². The van der Waals surface area contributed by atoms with Gasteiger partial charge in [0.15, 0.2) is 5.60 Å². The number of nitrogens with zero attached hydrogens (tertiary/aromatic N) is 1. The Bertz CT molecular complexity index is 1100. The number of aromatic nitrogens is 1. The van der Waals surface area contributed by atoms with Crippen molar-refractivity contribution >= 4 is 34.1 Å². The number of fused-ring (bicyclic) bond motifs is 2. The number of benzene rings is 2. The van der Waals surface area contributed by atoms with Crippen LogP contribution in [0.25, 0.3) is 10.8 Å². The summed E-state index contributed by atoms with van der Waals surface area (Å²) in [5, 5.41) is 7.77. The molecule has 0 bridgehead atoms. The minimum Gasteiger partial charge on any atom is -0.481 e. The second kappa shape index (κ2) is 8.07. The Labute approximate surface area is 177 Å². The lowest BCUT2D eigenvalue weighted by molar-refractivity contribution is -0.0104. The van der Waals surface area contributed by atoms with Crippen LogP contribution >= 0.6 is 11.6 Å². The normalized spacial score (nSPS) is 17.1. The Hall–Kier alpha value is -2.93. The maximum absolute atomic E-state index is 13.7. The smallest absolute Gasteiger partial charge is 0.319 e. The SMILES string of the molecule is Cc1cc2c(NC(=O)NC3CC(CF)(CF)Oc4cc(Cl)ccc43)cccc2cn1. The topological polar surface area (TPSA) is 63.2 Å². The Morgan fingerprint density at radius 3 is 2.83 bits per heavy atom. The van der Waals surface area contributed by atoms with Crippen molar-refractivity contribution in [3.05, 3.63) is 64.9 Å². The molecule has 1 aliphatic rings. The van der Waals surface area contributed by atoms with Gasteiger partial charge < -0.3 is 15.4 Å². The highest BCUT2D eigenvalue weighted by Gasteiger charge is 2.42. The van der Waals surface area contributed by atoms with Gasteiger partial charge in [-0.05, 0) is 31.2 Å². The molecule has 2 amide bonds. The highest BCUT2D eigenvalue weighted by molar-refractivity contribution is 6.30. The van der Waals surface area contributed by atoms with Crippen LogP contribution in [0.1, 0.15) is 23.7 Å². The van der Waals surface area contributed by atoms with E-state index >= 15 is 0 Å². The summed E-state index contributed by atoms with van der Waals surface area (Å²) in [7, 11) is 0. The van der Waals surface area contributed by atoms with Crippen molar-refractivity contribution in [3.63, 3.8) is 0 Å². The third-order valence-corrected chi connectivity index (χ3v) is 5.43. The first kappa shape index (κ1) is 20.3. The van der Waals surface area contributed by atoms with E-state index < -0.39 is 31.0 Å². The van der Waals surface area contributed by atoms with Crippen molar-refractivity contribution in [1.82, 2.24) is 10.3 Å². The summed E-state index contributed by atoms with van der Waals surface area (Å²) >= 11 is 6.01. The number of carbonyl (C=O) groups excluding carboxylic acids is 1. The van der Waals surface area contributed by atoms with E-state index in [1.54, 1.807) is 24.4 Å². The van der Waals surface area contributed by atoms with Gasteiger partial charge in [-0.2, -0.15) is 0 Å². The number of hydrogen-bond acceptors (Lipinski definition) is 3. The number of pyridine rings is 1. The molecule has 156 valence electrons. The fraction of sp³-hybridized carbons (Fsp3) is 0.273. The molecule has 1 aliphatic heterocycles. The number of anilines is 1. The van der Waals surface area contributed by atoms with Crippen LogP contribution in [-0.4, -0.2) is 30.0 Å². The van der Waals surface area contributed by atoms with E-state index in [0.29, 0.717) is 16.3 Å². The number of nitrogens with one attached hydrogen (secondary N) is 2. The number of ether oxygens (including phenoxy) is 1. The number of carbonyl (C=O) groups is 1. The van der Waals surface area contributed by atoms with E-state index in [-0.39, 0.29) is 12.2 Å². The van der Waals surface area contributed by atoms with Crippen molar-refractivity contribution in [2.45, 2.75) is 25.0 Å². The molecule has 1 aromatic heterocycles. The quantitative estimate of drug-likeness (QED) is 0.571. The van der Waals surface area contributed by atoms with E-state index in [9.17, 15) is 13.6 Å². The number of hydrogen-bond donors (Lipinski definition) is 2. The van der Waals surface area contributed by atoms with Gasteiger partial charge in [-0.15, -0.1) is 0 Å². The van der Waals surface area contributed by atoms with Crippen LogP contribution in [0.15, 0.2) is 48.7 Å².